The number of fused-ring (bicyclic) bond motifs is 1. The molecule has 2 aromatic carbocycles. The van der Waals surface area contributed by atoms with Crippen molar-refractivity contribution < 1.29 is 23.7 Å². The van der Waals surface area contributed by atoms with Crippen molar-refractivity contribution in [1.29, 1.82) is 0 Å². The molecule has 0 aliphatic carbocycles. The highest BCUT2D eigenvalue weighted by Crippen LogP contribution is 2.35. The summed E-state index contributed by atoms with van der Waals surface area (Å²) in [5, 5.41) is 2.90. The summed E-state index contributed by atoms with van der Waals surface area (Å²) in [6.45, 7) is 3.90. The maximum absolute atomic E-state index is 12.2. The summed E-state index contributed by atoms with van der Waals surface area (Å²) in [4.78, 5) is 14.5. The van der Waals surface area contributed by atoms with Crippen LogP contribution in [-0.4, -0.2) is 50.6 Å². The Hall–Kier alpha value is -2.77. The summed E-state index contributed by atoms with van der Waals surface area (Å²) in [5.41, 5.74) is 2.02. The maximum atomic E-state index is 12.2. The van der Waals surface area contributed by atoms with Crippen molar-refractivity contribution in [2.24, 2.45) is 0 Å². The molecule has 1 fully saturated rings. The van der Waals surface area contributed by atoms with Crippen molar-refractivity contribution in [2.45, 2.75) is 12.6 Å². The highest BCUT2D eigenvalue weighted by Gasteiger charge is 2.25. The quantitative estimate of drug-likeness (QED) is 0.826. The van der Waals surface area contributed by atoms with Gasteiger partial charge in [0.05, 0.1) is 19.3 Å². The number of hydrogen-bond acceptors (Lipinski definition) is 6. The number of amides is 1. The van der Waals surface area contributed by atoms with E-state index in [0.29, 0.717) is 19.8 Å². The van der Waals surface area contributed by atoms with Gasteiger partial charge in [-0.3, -0.25) is 4.90 Å². The molecule has 7 heteroatoms. The van der Waals surface area contributed by atoms with Crippen LogP contribution in [0.5, 0.6) is 11.5 Å². The van der Waals surface area contributed by atoms with Crippen molar-refractivity contribution in [1.82, 2.24) is 10.2 Å². The largest absolute Gasteiger partial charge is 0.454 e. The van der Waals surface area contributed by atoms with E-state index in [4.69, 9.17) is 18.9 Å². The fraction of sp³-hybridized carbons (Fsp3) is 0.381. The molecule has 0 aromatic heterocycles. The van der Waals surface area contributed by atoms with Crippen LogP contribution in [0.2, 0.25) is 0 Å². The Morgan fingerprint density at radius 1 is 1.07 bits per heavy atom. The predicted octanol–water partition coefficient (Wildman–Crippen LogP) is 2.72. The topological polar surface area (TPSA) is 69.3 Å². The minimum atomic E-state index is -0.428. The van der Waals surface area contributed by atoms with Crippen molar-refractivity contribution in [2.75, 3.05) is 39.6 Å². The number of carbonyl (C=O) groups excluding carboxylic acids is 1. The van der Waals surface area contributed by atoms with Crippen LogP contribution in [-0.2, 0) is 16.1 Å². The van der Waals surface area contributed by atoms with E-state index < -0.39 is 6.09 Å². The molecule has 1 amide bonds. The number of rotatable bonds is 6. The molecule has 2 heterocycles. The van der Waals surface area contributed by atoms with Gasteiger partial charge in [0.25, 0.3) is 0 Å². The number of carbonyl (C=O) groups is 1. The van der Waals surface area contributed by atoms with Crippen LogP contribution in [0, 0.1) is 0 Å². The second-order valence-electron chi connectivity index (χ2n) is 6.72. The Labute approximate surface area is 164 Å². The molecule has 1 atom stereocenters. The van der Waals surface area contributed by atoms with Gasteiger partial charge in [0.15, 0.2) is 11.5 Å². The number of morpholine rings is 1. The average molecular weight is 384 g/mol. The molecule has 2 aromatic rings. The lowest BCUT2D eigenvalue weighted by Gasteiger charge is -2.34. The third-order valence-electron chi connectivity index (χ3n) is 4.92. The van der Waals surface area contributed by atoms with Crippen LogP contribution >= 0.6 is 0 Å². The Balaban J connectivity index is 1.40. The third-order valence-corrected chi connectivity index (χ3v) is 4.92. The molecular formula is C21H24N2O5. The van der Waals surface area contributed by atoms with Crippen LogP contribution in [0.3, 0.4) is 0 Å². The first-order chi connectivity index (χ1) is 13.8. The van der Waals surface area contributed by atoms with E-state index in [2.05, 4.69) is 10.2 Å². The second-order valence-corrected chi connectivity index (χ2v) is 6.72. The molecule has 0 radical (unpaired) electrons. The lowest BCUT2D eigenvalue weighted by Crippen LogP contribution is -2.43. The van der Waals surface area contributed by atoms with Crippen LogP contribution in [0.4, 0.5) is 4.79 Å². The minimum Gasteiger partial charge on any atom is -0.454 e. The molecule has 7 nitrogen and oxygen atoms in total. The van der Waals surface area contributed by atoms with E-state index in [1.807, 2.05) is 48.5 Å². The molecule has 0 spiro atoms. The minimum absolute atomic E-state index is 0.00248. The fourth-order valence-electron chi connectivity index (χ4n) is 3.42. The van der Waals surface area contributed by atoms with Gasteiger partial charge < -0.3 is 24.3 Å². The number of ether oxygens (including phenoxy) is 4. The second kappa shape index (κ2) is 8.95. The summed E-state index contributed by atoms with van der Waals surface area (Å²) in [7, 11) is 0. The zero-order chi connectivity index (χ0) is 19.2. The summed E-state index contributed by atoms with van der Waals surface area (Å²) >= 11 is 0. The molecule has 28 heavy (non-hydrogen) atoms. The van der Waals surface area contributed by atoms with Crippen molar-refractivity contribution >= 4 is 6.09 Å². The monoisotopic (exact) mass is 384 g/mol. The third kappa shape index (κ3) is 4.55. The van der Waals surface area contributed by atoms with Gasteiger partial charge in [0.1, 0.15) is 6.61 Å². The van der Waals surface area contributed by atoms with Crippen molar-refractivity contribution in [3.05, 3.63) is 59.7 Å². The summed E-state index contributed by atoms with van der Waals surface area (Å²) < 4.78 is 21.7. The van der Waals surface area contributed by atoms with E-state index in [-0.39, 0.29) is 19.4 Å². The number of hydrogen-bond donors (Lipinski definition) is 1. The first kappa shape index (κ1) is 18.6. The molecule has 0 bridgehead atoms. The highest BCUT2D eigenvalue weighted by atomic mass is 16.7. The van der Waals surface area contributed by atoms with Gasteiger partial charge in [0, 0.05) is 19.6 Å². The van der Waals surface area contributed by atoms with Gasteiger partial charge in [0.2, 0.25) is 6.79 Å². The van der Waals surface area contributed by atoms with Gasteiger partial charge in [-0.15, -0.1) is 0 Å². The Kier molecular flexibility index (Phi) is 5.94. The van der Waals surface area contributed by atoms with Gasteiger partial charge in [-0.05, 0) is 23.3 Å². The van der Waals surface area contributed by atoms with Crippen LogP contribution < -0.4 is 14.8 Å². The first-order valence-corrected chi connectivity index (χ1v) is 9.45. The van der Waals surface area contributed by atoms with E-state index in [1.54, 1.807) is 0 Å². The number of alkyl carbamates (subject to hydrolysis) is 1. The Morgan fingerprint density at radius 2 is 1.86 bits per heavy atom. The molecule has 148 valence electrons. The molecule has 4 rings (SSSR count). The standard InChI is InChI=1S/C21H24N2O5/c24-21(26-14-16-4-2-1-3-5-16)22-13-18(23-8-10-25-11-9-23)17-6-7-19-20(12-17)28-15-27-19/h1-7,12,18H,8-11,13-15H2,(H,22,24)/t18-/m1/s1. The van der Waals surface area contributed by atoms with Gasteiger partial charge >= 0.3 is 6.09 Å². The molecule has 0 unspecified atom stereocenters. The summed E-state index contributed by atoms with van der Waals surface area (Å²) in [6, 6.07) is 15.6. The molecular weight excluding hydrogens is 360 g/mol. The van der Waals surface area contributed by atoms with E-state index in [1.165, 1.54) is 0 Å². The lowest BCUT2D eigenvalue weighted by atomic mass is 10.0. The highest BCUT2D eigenvalue weighted by molar-refractivity contribution is 5.67. The fourth-order valence-corrected chi connectivity index (χ4v) is 3.42. The Bertz CT molecular complexity index is 793. The molecule has 1 N–H and O–H groups in total. The molecule has 2 aliphatic rings. The lowest BCUT2D eigenvalue weighted by molar-refractivity contribution is 0.0159. The molecule has 2 aliphatic heterocycles. The smallest absolute Gasteiger partial charge is 0.407 e. The van der Waals surface area contributed by atoms with Crippen LogP contribution in [0.25, 0.3) is 0 Å². The Morgan fingerprint density at radius 3 is 2.68 bits per heavy atom. The maximum Gasteiger partial charge on any atom is 0.407 e. The predicted molar refractivity (Wildman–Crippen MR) is 102 cm³/mol. The van der Waals surface area contributed by atoms with E-state index in [9.17, 15) is 4.79 Å². The van der Waals surface area contributed by atoms with Crippen LogP contribution in [0.15, 0.2) is 48.5 Å². The van der Waals surface area contributed by atoms with Gasteiger partial charge in [-0.2, -0.15) is 0 Å². The van der Waals surface area contributed by atoms with E-state index >= 15 is 0 Å². The van der Waals surface area contributed by atoms with Gasteiger partial charge in [-0.25, -0.2) is 4.79 Å². The van der Waals surface area contributed by atoms with Gasteiger partial charge in [-0.1, -0.05) is 36.4 Å². The SMILES string of the molecule is O=C(NC[C@H](c1ccc2c(c1)OCO2)N1CCOCC1)OCc1ccccc1. The normalized spacial score (nSPS) is 17.1. The average Bonchev–Trinajstić information content (AvgIpc) is 3.22. The van der Waals surface area contributed by atoms with Crippen molar-refractivity contribution in [3.63, 3.8) is 0 Å². The number of nitrogens with one attached hydrogen (secondary N) is 1. The van der Waals surface area contributed by atoms with Crippen molar-refractivity contribution in [3.8, 4) is 11.5 Å². The zero-order valence-electron chi connectivity index (χ0n) is 15.6. The molecule has 0 saturated carbocycles. The van der Waals surface area contributed by atoms with Crippen LogP contribution in [0.1, 0.15) is 17.2 Å². The molecule has 1 saturated heterocycles. The summed E-state index contributed by atoms with van der Waals surface area (Å²) in [5.74, 6) is 1.49. The first-order valence-electron chi connectivity index (χ1n) is 9.45. The number of benzene rings is 2. The zero-order valence-corrected chi connectivity index (χ0v) is 15.6. The summed E-state index contributed by atoms with van der Waals surface area (Å²) in [6.07, 6.45) is -0.428. The number of nitrogens with zero attached hydrogens (tertiary/aromatic N) is 1. The van der Waals surface area contributed by atoms with E-state index in [0.717, 1.165) is 35.7 Å².